The van der Waals surface area contributed by atoms with E-state index in [1.807, 2.05) is 6.92 Å². The number of halogens is 3. The van der Waals surface area contributed by atoms with Gasteiger partial charge in [0, 0.05) is 25.0 Å². The molecular weight excluding hydrogens is 269 g/mol. The van der Waals surface area contributed by atoms with Crippen molar-refractivity contribution in [3.8, 4) is 0 Å². The van der Waals surface area contributed by atoms with Gasteiger partial charge >= 0.3 is 6.18 Å². The predicted molar refractivity (Wildman–Crippen MR) is 62.7 cm³/mol. The Balaban J connectivity index is 2.31. The second-order valence-electron chi connectivity index (χ2n) is 4.74. The van der Waals surface area contributed by atoms with E-state index in [1.54, 1.807) is 0 Å². The lowest BCUT2D eigenvalue weighted by atomic mass is 10.0. The van der Waals surface area contributed by atoms with Gasteiger partial charge < -0.3 is 5.32 Å². The first-order valence-corrected chi connectivity index (χ1v) is 7.63. The number of piperidine rings is 1. The molecule has 0 saturated carbocycles. The topological polar surface area (TPSA) is 58.2 Å². The van der Waals surface area contributed by atoms with E-state index in [9.17, 15) is 21.6 Å². The molecule has 0 aromatic carbocycles. The summed E-state index contributed by atoms with van der Waals surface area (Å²) in [5.74, 6) is -0.474. The number of hydrogen-bond donors (Lipinski definition) is 2. The summed E-state index contributed by atoms with van der Waals surface area (Å²) in [6, 6.07) is 0.146. The smallest absolute Gasteiger partial charge is 0.313 e. The summed E-state index contributed by atoms with van der Waals surface area (Å²) < 4.78 is 61.3. The van der Waals surface area contributed by atoms with Crippen LogP contribution in [0.1, 0.15) is 32.6 Å². The van der Waals surface area contributed by atoms with E-state index in [0.29, 0.717) is 19.0 Å². The van der Waals surface area contributed by atoms with Crippen molar-refractivity contribution in [3.63, 3.8) is 0 Å². The molecule has 1 saturated heterocycles. The van der Waals surface area contributed by atoms with Crippen LogP contribution in [0.25, 0.3) is 0 Å². The van der Waals surface area contributed by atoms with E-state index >= 15 is 0 Å². The molecule has 1 heterocycles. The van der Waals surface area contributed by atoms with Crippen LogP contribution in [0.3, 0.4) is 0 Å². The minimum absolute atomic E-state index is 0.211. The van der Waals surface area contributed by atoms with Crippen molar-refractivity contribution < 1.29 is 21.6 Å². The Bertz CT molecular complexity index is 349. The van der Waals surface area contributed by atoms with Crippen molar-refractivity contribution >= 4 is 10.0 Å². The lowest BCUT2D eigenvalue weighted by Gasteiger charge is -2.28. The highest BCUT2D eigenvalue weighted by molar-refractivity contribution is 7.89. The maximum Gasteiger partial charge on any atom is 0.389 e. The molecule has 0 spiro atoms. The Morgan fingerprint density at radius 1 is 1.33 bits per heavy atom. The number of sulfonamides is 1. The molecule has 2 unspecified atom stereocenters. The normalized spacial score (nSPS) is 26.2. The Morgan fingerprint density at radius 3 is 2.50 bits per heavy atom. The fourth-order valence-corrected chi connectivity index (χ4v) is 3.23. The predicted octanol–water partition coefficient (Wildman–Crippen LogP) is 1.39. The van der Waals surface area contributed by atoms with Crippen LogP contribution < -0.4 is 10.0 Å². The van der Waals surface area contributed by atoms with Crippen LogP contribution in [0.5, 0.6) is 0 Å². The first-order chi connectivity index (χ1) is 8.18. The molecule has 18 heavy (non-hydrogen) atoms. The maximum absolute atomic E-state index is 11.9. The maximum atomic E-state index is 11.9. The molecule has 0 amide bonds. The highest BCUT2D eigenvalue weighted by Gasteiger charge is 2.28. The molecule has 1 fully saturated rings. The van der Waals surface area contributed by atoms with Gasteiger partial charge in [0.25, 0.3) is 0 Å². The lowest BCUT2D eigenvalue weighted by Crippen LogP contribution is -2.49. The molecular formula is C10H19F3N2O2S. The van der Waals surface area contributed by atoms with Gasteiger partial charge in [-0.1, -0.05) is 0 Å². The van der Waals surface area contributed by atoms with Gasteiger partial charge in [0.15, 0.2) is 0 Å². The Labute approximate surface area is 105 Å². The zero-order chi connectivity index (χ0) is 13.8. The summed E-state index contributed by atoms with van der Waals surface area (Å²) in [5.41, 5.74) is 0. The molecule has 4 nitrogen and oxygen atoms in total. The number of alkyl halides is 3. The van der Waals surface area contributed by atoms with Gasteiger partial charge in [0.1, 0.15) is 0 Å². The molecule has 1 aliphatic heterocycles. The van der Waals surface area contributed by atoms with Gasteiger partial charge in [-0.3, -0.25) is 0 Å². The molecule has 1 rings (SSSR count). The van der Waals surface area contributed by atoms with Crippen LogP contribution in [-0.2, 0) is 10.0 Å². The molecule has 2 atom stereocenters. The highest BCUT2D eigenvalue weighted by Crippen LogP contribution is 2.21. The van der Waals surface area contributed by atoms with E-state index < -0.39 is 34.8 Å². The summed E-state index contributed by atoms with van der Waals surface area (Å²) in [6.07, 6.45) is -4.18. The Morgan fingerprint density at radius 2 is 2.00 bits per heavy atom. The SMILES string of the molecule is CC1CCC(NS(=O)(=O)CCCC(F)(F)F)CN1. The molecule has 0 bridgehead atoms. The first-order valence-electron chi connectivity index (χ1n) is 5.98. The molecule has 0 aromatic heterocycles. The second-order valence-corrected chi connectivity index (χ2v) is 6.61. The molecule has 8 heteroatoms. The first kappa shape index (κ1) is 15.7. The number of nitrogens with one attached hydrogen (secondary N) is 2. The van der Waals surface area contributed by atoms with Crippen LogP contribution >= 0.6 is 0 Å². The molecule has 0 aromatic rings. The van der Waals surface area contributed by atoms with Gasteiger partial charge in [0.05, 0.1) is 5.75 Å². The van der Waals surface area contributed by atoms with E-state index in [4.69, 9.17) is 0 Å². The van der Waals surface area contributed by atoms with Gasteiger partial charge in [-0.2, -0.15) is 13.2 Å². The van der Waals surface area contributed by atoms with Crippen molar-refractivity contribution in [3.05, 3.63) is 0 Å². The zero-order valence-electron chi connectivity index (χ0n) is 10.3. The largest absolute Gasteiger partial charge is 0.389 e. The van der Waals surface area contributed by atoms with E-state index in [0.717, 1.165) is 6.42 Å². The Kier molecular flexibility index (Phi) is 5.42. The van der Waals surface area contributed by atoms with Crippen molar-refractivity contribution in [2.45, 2.75) is 50.9 Å². The van der Waals surface area contributed by atoms with Crippen LogP contribution in [-0.4, -0.2) is 39.0 Å². The third-order valence-corrected chi connectivity index (χ3v) is 4.40. The summed E-state index contributed by atoms with van der Waals surface area (Å²) >= 11 is 0. The van der Waals surface area contributed by atoms with Gasteiger partial charge in [-0.15, -0.1) is 0 Å². The van der Waals surface area contributed by atoms with Crippen LogP contribution in [0.15, 0.2) is 0 Å². The van der Waals surface area contributed by atoms with Crippen LogP contribution in [0.4, 0.5) is 13.2 Å². The summed E-state index contributed by atoms with van der Waals surface area (Å²) in [6.45, 7) is 2.54. The molecule has 2 N–H and O–H groups in total. The van der Waals surface area contributed by atoms with Crippen molar-refractivity contribution in [2.24, 2.45) is 0 Å². The minimum Gasteiger partial charge on any atom is -0.313 e. The standard InChI is InChI=1S/C10H19F3N2O2S/c1-8-3-4-9(7-14-8)15-18(16,17)6-2-5-10(11,12)13/h8-9,14-15H,2-7H2,1H3. The van der Waals surface area contributed by atoms with Crippen LogP contribution in [0, 0.1) is 0 Å². The molecule has 0 aliphatic carbocycles. The lowest BCUT2D eigenvalue weighted by molar-refractivity contribution is -0.134. The fraction of sp³-hybridized carbons (Fsp3) is 1.00. The monoisotopic (exact) mass is 288 g/mol. The van der Waals surface area contributed by atoms with E-state index in [2.05, 4.69) is 10.0 Å². The van der Waals surface area contributed by atoms with Crippen molar-refractivity contribution in [2.75, 3.05) is 12.3 Å². The quantitative estimate of drug-likeness (QED) is 0.804. The summed E-state index contributed by atoms with van der Waals surface area (Å²) in [4.78, 5) is 0. The number of rotatable bonds is 5. The number of hydrogen-bond acceptors (Lipinski definition) is 3. The van der Waals surface area contributed by atoms with Crippen molar-refractivity contribution in [1.82, 2.24) is 10.0 Å². The third kappa shape index (κ3) is 6.55. The average Bonchev–Trinajstić information content (AvgIpc) is 2.18. The Hall–Kier alpha value is -0.340. The molecule has 0 radical (unpaired) electrons. The second kappa shape index (κ2) is 6.21. The average molecular weight is 288 g/mol. The van der Waals surface area contributed by atoms with E-state index in [-0.39, 0.29) is 6.04 Å². The van der Waals surface area contributed by atoms with Gasteiger partial charge in [-0.05, 0) is 26.2 Å². The third-order valence-electron chi connectivity index (χ3n) is 2.88. The van der Waals surface area contributed by atoms with Crippen LogP contribution in [0.2, 0.25) is 0 Å². The molecule has 1 aliphatic rings. The fourth-order valence-electron chi connectivity index (χ4n) is 1.87. The summed E-state index contributed by atoms with van der Waals surface area (Å²) in [5, 5.41) is 3.13. The zero-order valence-corrected chi connectivity index (χ0v) is 11.1. The summed E-state index contributed by atoms with van der Waals surface area (Å²) in [7, 11) is -3.61. The van der Waals surface area contributed by atoms with Gasteiger partial charge in [0.2, 0.25) is 10.0 Å². The van der Waals surface area contributed by atoms with Gasteiger partial charge in [-0.25, -0.2) is 13.1 Å². The highest BCUT2D eigenvalue weighted by atomic mass is 32.2. The molecule has 108 valence electrons. The van der Waals surface area contributed by atoms with E-state index in [1.165, 1.54) is 0 Å². The van der Waals surface area contributed by atoms with Crippen molar-refractivity contribution in [1.29, 1.82) is 0 Å². The minimum atomic E-state index is -4.29.